The van der Waals surface area contributed by atoms with E-state index in [9.17, 15) is 4.79 Å². The molecule has 2 heterocycles. The molecule has 0 spiro atoms. The minimum Gasteiger partial charge on any atom is -0.352 e. The third-order valence-corrected chi connectivity index (χ3v) is 1.81. The van der Waals surface area contributed by atoms with E-state index < -0.39 is 0 Å². The van der Waals surface area contributed by atoms with E-state index in [0.717, 1.165) is 0 Å². The molecule has 0 aliphatic rings. The molecule has 0 saturated heterocycles. The summed E-state index contributed by atoms with van der Waals surface area (Å²) in [5, 5.41) is 17.4. The molecule has 2 aromatic heterocycles. The van der Waals surface area contributed by atoms with E-state index in [4.69, 9.17) is 5.26 Å². The lowest BCUT2D eigenvalue weighted by Crippen LogP contribution is -2.11. The second-order valence-electron chi connectivity index (χ2n) is 2.84. The van der Waals surface area contributed by atoms with Gasteiger partial charge in [0.2, 0.25) is 0 Å². The summed E-state index contributed by atoms with van der Waals surface area (Å²) in [6.07, 6.45) is 3.01. The van der Waals surface area contributed by atoms with Crippen LogP contribution in [-0.2, 0) is 0 Å². The van der Waals surface area contributed by atoms with Gasteiger partial charge in [0.1, 0.15) is 17.6 Å². The molecule has 0 unspecified atom stereocenters. The molecule has 3 N–H and O–H groups in total. The van der Waals surface area contributed by atoms with Crippen molar-refractivity contribution in [2.45, 2.75) is 0 Å². The number of carbonyl (C=O) groups is 1. The number of amides is 1. The van der Waals surface area contributed by atoms with Gasteiger partial charge in [0, 0.05) is 12.3 Å². The van der Waals surface area contributed by atoms with Gasteiger partial charge >= 0.3 is 0 Å². The highest BCUT2D eigenvalue weighted by atomic mass is 16.1. The van der Waals surface area contributed by atoms with Crippen molar-refractivity contribution in [3.8, 4) is 6.07 Å². The second kappa shape index (κ2) is 3.67. The van der Waals surface area contributed by atoms with Gasteiger partial charge in [-0.2, -0.15) is 10.4 Å². The number of H-pyrrole nitrogens is 2. The Labute approximate surface area is 84.9 Å². The van der Waals surface area contributed by atoms with Crippen molar-refractivity contribution in [1.29, 1.82) is 5.26 Å². The quantitative estimate of drug-likeness (QED) is 0.672. The van der Waals surface area contributed by atoms with Gasteiger partial charge in [-0.25, -0.2) is 0 Å². The van der Waals surface area contributed by atoms with Crippen molar-refractivity contribution in [1.82, 2.24) is 15.2 Å². The maximum Gasteiger partial charge on any atom is 0.258 e. The zero-order valence-electron chi connectivity index (χ0n) is 7.61. The van der Waals surface area contributed by atoms with Gasteiger partial charge in [0.15, 0.2) is 0 Å². The Morgan fingerprint density at radius 1 is 1.60 bits per heavy atom. The van der Waals surface area contributed by atoms with Crippen LogP contribution in [0.25, 0.3) is 0 Å². The number of hydrogen-bond donors (Lipinski definition) is 3. The maximum atomic E-state index is 11.6. The highest BCUT2D eigenvalue weighted by molar-refractivity contribution is 6.03. The molecule has 1 amide bonds. The molecule has 0 saturated carbocycles. The minimum atomic E-state index is -0.294. The monoisotopic (exact) mass is 201 g/mol. The predicted molar refractivity (Wildman–Crippen MR) is 52.0 cm³/mol. The van der Waals surface area contributed by atoms with Crippen molar-refractivity contribution >= 4 is 11.7 Å². The summed E-state index contributed by atoms with van der Waals surface area (Å²) in [5.74, 6) is 0.219. The van der Waals surface area contributed by atoms with Crippen LogP contribution in [0.5, 0.6) is 0 Å². The third-order valence-electron chi connectivity index (χ3n) is 1.81. The number of aromatic amines is 2. The lowest BCUT2D eigenvalue weighted by molar-refractivity contribution is 0.102. The summed E-state index contributed by atoms with van der Waals surface area (Å²) in [6.45, 7) is 0. The van der Waals surface area contributed by atoms with E-state index in [2.05, 4.69) is 20.5 Å². The summed E-state index contributed by atoms with van der Waals surface area (Å²) >= 11 is 0. The number of anilines is 1. The highest BCUT2D eigenvalue weighted by Crippen LogP contribution is 2.06. The Bertz CT molecular complexity index is 505. The molecular weight excluding hydrogens is 194 g/mol. The Kier molecular flexibility index (Phi) is 2.21. The molecule has 0 bridgehead atoms. The first kappa shape index (κ1) is 9.02. The standard InChI is InChI=1S/C9H7N5O/c10-4-7-3-6(5-11-7)9(15)13-8-1-2-12-14-8/h1-3,5,11H,(H2,12,13,14,15). The van der Waals surface area contributed by atoms with Crippen LogP contribution in [-0.4, -0.2) is 21.1 Å². The summed E-state index contributed by atoms with van der Waals surface area (Å²) in [4.78, 5) is 14.2. The van der Waals surface area contributed by atoms with Gasteiger partial charge < -0.3 is 10.3 Å². The molecule has 0 aliphatic carbocycles. The van der Waals surface area contributed by atoms with Crippen molar-refractivity contribution < 1.29 is 4.79 Å². The molecule has 0 aliphatic heterocycles. The number of nitrogens with one attached hydrogen (secondary N) is 3. The van der Waals surface area contributed by atoms with E-state index in [-0.39, 0.29) is 5.91 Å². The lowest BCUT2D eigenvalue weighted by atomic mass is 10.3. The van der Waals surface area contributed by atoms with Crippen LogP contribution >= 0.6 is 0 Å². The smallest absolute Gasteiger partial charge is 0.258 e. The topological polar surface area (TPSA) is 97.4 Å². The van der Waals surface area contributed by atoms with Crippen LogP contribution in [0.2, 0.25) is 0 Å². The third kappa shape index (κ3) is 1.86. The first-order valence-corrected chi connectivity index (χ1v) is 4.19. The molecule has 0 radical (unpaired) electrons. The molecule has 2 aromatic rings. The number of rotatable bonds is 2. The fourth-order valence-electron chi connectivity index (χ4n) is 1.11. The number of nitriles is 1. The maximum absolute atomic E-state index is 11.6. The minimum absolute atomic E-state index is 0.294. The van der Waals surface area contributed by atoms with E-state index in [1.807, 2.05) is 6.07 Å². The Morgan fingerprint density at radius 3 is 3.07 bits per heavy atom. The average Bonchev–Trinajstić information content (AvgIpc) is 2.86. The van der Waals surface area contributed by atoms with Crippen LogP contribution in [0.1, 0.15) is 16.1 Å². The fourth-order valence-corrected chi connectivity index (χ4v) is 1.11. The second-order valence-corrected chi connectivity index (χ2v) is 2.84. The van der Waals surface area contributed by atoms with Crippen LogP contribution in [0.3, 0.4) is 0 Å². The fraction of sp³-hybridized carbons (Fsp3) is 0. The van der Waals surface area contributed by atoms with E-state index in [1.165, 1.54) is 18.5 Å². The van der Waals surface area contributed by atoms with Crippen molar-refractivity contribution in [3.63, 3.8) is 0 Å². The van der Waals surface area contributed by atoms with Crippen LogP contribution in [0.4, 0.5) is 5.82 Å². The van der Waals surface area contributed by atoms with Gasteiger partial charge in [0.05, 0.1) is 11.8 Å². The normalized spacial score (nSPS) is 9.53. The van der Waals surface area contributed by atoms with E-state index >= 15 is 0 Å². The number of carbonyl (C=O) groups excluding carboxylic acids is 1. The SMILES string of the molecule is N#Cc1cc(C(=O)Nc2ccn[nH]2)c[nH]1. The molecule has 0 atom stereocenters. The summed E-state index contributed by atoms with van der Waals surface area (Å²) in [7, 11) is 0. The first-order chi connectivity index (χ1) is 7.29. The molecule has 15 heavy (non-hydrogen) atoms. The molecular formula is C9H7N5O. The summed E-state index contributed by atoms with van der Waals surface area (Å²) in [5.41, 5.74) is 0.755. The van der Waals surface area contributed by atoms with Crippen LogP contribution in [0.15, 0.2) is 24.5 Å². The highest BCUT2D eigenvalue weighted by Gasteiger charge is 2.08. The van der Waals surface area contributed by atoms with Gasteiger partial charge in [0.25, 0.3) is 5.91 Å². The van der Waals surface area contributed by atoms with Gasteiger partial charge in [-0.05, 0) is 6.07 Å². The van der Waals surface area contributed by atoms with Crippen LogP contribution < -0.4 is 5.32 Å². The first-order valence-electron chi connectivity index (χ1n) is 4.19. The van der Waals surface area contributed by atoms with Gasteiger partial charge in [-0.1, -0.05) is 0 Å². The predicted octanol–water partition coefficient (Wildman–Crippen LogP) is 0.862. The van der Waals surface area contributed by atoms with Crippen molar-refractivity contribution in [3.05, 3.63) is 35.8 Å². The molecule has 0 aromatic carbocycles. The van der Waals surface area contributed by atoms with E-state index in [1.54, 1.807) is 6.07 Å². The molecule has 6 heteroatoms. The van der Waals surface area contributed by atoms with E-state index in [0.29, 0.717) is 17.1 Å². The lowest BCUT2D eigenvalue weighted by Gasteiger charge is -1.98. The Morgan fingerprint density at radius 2 is 2.47 bits per heavy atom. The molecule has 74 valence electrons. The van der Waals surface area contributed by atoms with Gasteiger partial charge in [-0.3, -0.25) is 9.89 Å². The average molecular weight is 201 g/mol. The van der Waals surface area contributed by atoms with Gasteiger partial charge in [-0.15, -0.1) is 0 Å². The molecule has 2 rings (SSSR count). The van der Waals surface area contributed by atoms with Crippen molar-refractivity contribution in [2.24, 2.45) is 0 Å². The molecule has 0 fully saturated rings. The number of hydrogen-bond acceptors (Lipinski definition) is 3. The van der Waals surface area contributed by atoms with Crippen molar-refractivity contribution in [2.75, 3.05) is 5.32 Å². The number of aromatic nitrogens is 3. The number of nitrogens with zero attached hydrogens (tertiary/aromatic N) is 2. The zero-order valence-corrected chi connectivity index (χ0v) is 7.61. The Balaban J connectivity index is 2.12. The summed E-state index contributed by atoms with van der Waals surface area (Å²) < 4.78 is 0. The zero-order chi connectivity index (χ0) is 10.7. The summed E-state index contributed by atoms with van der Waals surface area (Å²) in [6, 6.07) is 5.02. The Hall–Kier alpha value is -2.55. The molecule has 6 nitrogen and oxygen atoms in total. The van der Waals surface area contributed by atoms with Crippen LogP contribution in [0, 0.1) is 11.3 Å². The largest absolute Gasteiger partial charge is 0.352 e.